The second-order valence-corrected chi connectivity index (χ2v) is 10.6. The highest BCUT2D eigenvalue weighted by Crippen LogP contribution is 2.40. The third-order valence-electron chi connectivity index (χ3n) is 7.24. The van der Waals surface area contributed by atoms with Crippen molar-refractivity contribution in [2.45, 2.75) is 46.6 Å². The zero-order valence-corrected chi connectivity index (χ0v) is 23.0. The number of carbonyl (C=O) groups excluding carboxylic acids is 2. The Kier molecular flexibility index (Phi) is 9.23. The molecule has 2 fully saturated rings. The Bertz CT molecular complexity index is 1170. The van der Waals surface area contributed by atoms with Crippen LogP contribution in [0.3, 0.4) is 0 Å². The van der Waals surface area contributed by atoms with Gasteiger partial charge in [-0.2, -0.15) is 0 Å². The summed E-state index contributed by atoms with van der Waals surface area (Å²) in [5.74, 6) is -0.226. The van der Waals surface area contributed by atoms with E-state index in [1.54, 1.807) is 11.0 Å². The number of benzene rings is 2. The zero-order chi connectivity index (χ0) is 27.2. The summed E-state index contributed by atoms with van der Waals surface area (Å²) in [7, 11) is 0. The van der Waals surface area contributed by atoms with Crippen LogP contribution in [0, 0.1) is 12.8 Å². The molecule has 0 saturated carbocycles. The minimum atomic E-state index is -0.642. The molecule has 0 aromatic heterocycles. The molecule has 2 saturated heterocycles. The highest BCUT2D eigenvalue weighted by Gasteiger charge is 2.45. The smallest absolute Gasteiger partial charge is 0.295 e. The van der Waals surface area contributed by atoms with Crippen LogP contribution in [0.25, 0.3) is 5.76 Å². The Morgan fingerprint density at radius 2 is 1.79 bits per heavy atom. The number of aliphatic hydroxyl groups is 1. The minimum Gasteiger partial charge on any atom is -0.507 e. The number of Topliss-reactive ketones (excluding diaryl/α,β-unsaturated/α-hetero) is 1. The Balaban J connectivity index is 1.66. The van der Waals surface area contributed by atoms with E-state index in [0.717, 1.165) is 62.6 Å². The first-order valence-electron chi connectivity index (χ1n) is 13.7. The molecule has 7 heteroatoms. The van der Waals surface area contributed by atoms with Crippen molar-refractivity contribution in [1.82, 2.24) is 9.80 Å². The highest BCUT2D eigenvalue weighted by atomic mass is 16.5. The van der Waals surface area contributed by atoms with E-state index >= 15 is 0 Å². The quantitative estimate of drug-likeness (QED) is 0.277. The molecule has 0 radical (unpaired) electrons. The van der Waals surface area contributed by atoms with Crippen molar-refractivity contribution in [3.8, 4) is 5.75 Å². The monoisotopic (exact) mass is 520 g/mol. The largest absolute Gasteiger partial charge is 0.507 e. The molecule has 2 heterocycles. The molecule has 0 unspecified atom stereocenters. The van der Waals surface area contributed by atoms with Crippen LogP contribution in [0.5, 0.6) is 5.75 Å². The molecule has 0 bridgehead atoms. The molecule has 1 N–H and O–H groups in total. The van der Waals surface area contributed by atoms with Gasteiger partial charge in [0.05, 0.1) is 31.4 Å². The maximum atomic E-state index is 13.4. The normalized spacial score (nSPS) is 19.9. The van der Waals surface area contributed by atoms with Gasteiger partial charge in [-0.15, -0.1) is 0 Å². The van der Waals surface area contributed by atoms with Gasteiger partial charge in [0.25, 0.3) is 11.7 Å². The average Bonchev–Trinajstić information content (AvgIpc) is 3.17. The fraction of sp³-hybridized carbons (Fsp3) is 0.484. The molecule has 204 valence electrons. The van der Waals surface area contributed by atoms with Crippen LogP contribution in [0.1, 0.15) is 55.5 Å². The summed E-state index contributed by atoms with van der Waals surface area (Å²) in [6, 6.07) is 12.7. The van der Waals surface area contributed by atoms with Gasteiger partial charge in [-0.05, 0) is 60.6 Å². The van der Waals surface area contributed by atoms with E-state index < -0.39 is 17.7 Å². The van der Waals surface area contributed by atoms with Crippen molar-refractivity contribution in [2.75, 3.05) is 46.0 Å². The van der Waals surface area contributed by atoms with Crippen LogP contribution < -0.4 is 4.74 Å². The third-order valence-corrected chi connectivity index (χ3v) is 7.24. The third kappa shape index (κ3) is 6.27. The number of aliphatic hydroxyl groups excluding tert-OH is 1. The lowest BCUT2D eigenvalue weighted by Crippen LogP contribution is -2.38. The van der Waals surface area contributed by atoms with Gasteiger partial charge in [0.15, 0.2) is 0 Å². The van der Waals surface area contributed by atoms with Gasteiger partial charge in [0.1, 0.15) is 11.5 Å². The predicted molar refractivity (Wildman–Crippen MR) is 148 cm³/mol. The van der Waals surface area contributed by atoms with E-state index in [-0.39, 0.29) is 11.3 Å². The molecule has 2 aromatic rings. The summed E-state index contributed by atoms with van der Waals surface area (Å²) in [4.78, 5) is 30.6. The number of carbonyl (C=O) groups is 2. The van der Waals surface area contributed by atoms with Gasteiger partial charge in [-0.25, -0.2) is 0 Å². The Morgan fingerprint density at radius 1 is 1.08 bits per heavy atom. The lowest BCUT2D eigenvalue weighted by Gasteiger charge is -2.29. The summed E-state index contributed by atoms with van der Waals surface area (Å²) in [6.07, 6.45) is 1.63. The SMILES string of the molecule is CCc1ccc([C@@H]2/C(=C(\O)c3ccc(OCC(C)C)c(C)c3)C(=O)C(=O)N2CCCN2CCOCC2)cc1. The molecule has 7 nitrogen and oxygen atoms in total. The molecule has 0 spiro atoms. The van der Waals surface area contributed by atoms with Crippen LogP contribution in [-0.4, -0.2) is 72.6 Å². The second-order valence-electron chi connectivity index (χ2n) is 10.6. The predicted octanol–water partition coefficient (Wildman–Crippen LogP) is 4.74. The average molecular weight is 521 g/mol. The van der Waals surface area contributed by atoms with Crippen molar-refractivity contribution < 1.29 is 24.2 Å². The number of hydrogen-bond acceptors (Lipinski definition) is 6. The number of rotatable bonds is 10. The van der Waals surface area contributed by atoms with E-state index in [9.17, 15) is 14.7 Å². The Morgan fingerprint density at radius 3 is 2.42 bits per heavy atom. The zero-order valence-electron chi connectivity index (χ0n) is 23.0. The summed E-state index contributed by atoms with van der Waals surface area (Å²) in [5, 5.41) is 11.4. The summed E-state index contributed by atoms with van der Waals surface area (Å²) >= 11 is 0. The van der Waals surface area contributed by atoms with Crippen molar-refractivity contribution >= 4 is 17.4 Å². The van der Waals surface area contributed by atoms with E-state index in [2.05, 4.69) is 25.7 Å². The Labute approximate surface area is 226 Å². The fourth-order valence-electron chi connectivity index (χ4n) is 5.05. The summed E-state index contributed by atoms with van der Waals surface area (Å²) < 4.78 is 11.3. The lowest BCUT2D eigenvalue weighted by molar-refractivity contribution is -0.140. The second kappa shape index (κ2) is 12.6. The molecule has 0 aliphatic carbocycles. The number of morpholine rings is 1. The van der Waals surface area contributed by atoms with Gasteiger partial charge < -0.3 is 19.5 Å². The number of ketones is 1. The molecule has 2 aliphatic rings. The van der Waals surface area contributed by atoms with E-state index in [4.69, 9.17) is 9.47 Å². The number of aryl methyl sites for hydroxylation is 2. The van der Waals surface area contributed by atoms with Crippen LogP contribution >= 0.6 is 0 Å². The number of nitrogens with zero attached hydrogens (tertiary/aromatic N) is 2. The van der Waals surface area contributed by atoms with Crippen LogP contribution in [0.2, 0.25) is 0 Å². The molecule has 38 heavy (non-hydrogen) atoms. The molecular formula is C31H40N2O5. The van der Waals surface area contributed by atoms with E-state index in [1.807, 2.05) is 43.3 Å². The fourth-order valence-corrected chi connectivity index (χ4v) is 5.05. The van der Waals surface area contributed by atoms with Crippen molar-refractivity contribution in [2.24, 2.45) is 5.92 Å². The molecule has 2 aliphatic heterocycles. The minimum absolute atomic E-state index is 0.140. The lowest BCUT2D eigenvalue weighted by atomic mass is 9.94. The van der Waals surface area contributed by atoms with E-state index in [0.29, 0.717) is 24.6 Å². The maximum absolute atomic E-state index is 13.4. The molecule has 4 rings (SSSR count). The number of hydrogen-bond donors (Lipinski definition) is 1. The van der Waals surface area contributed by atoms with Gasteiger partial charge in [-0.3, -0.25) is 14.5 Å². The molecular weight excluding hydrogens is 480 g/mol. The first-order valence-corrected chi connectivity index (χ1v) is 13.7. The van der Waals surface area contributed by atoms with Crippen molar-refractivity contribution in [3.63, 3.8) is 0 Å². The first kappa shape index (κ1) is 27.9. The number of ether oxygens (including phenoxy) is 2. The number of amides is 1. The van der Waals surface area contributed by atoms with Gasteiger partial charge >= 0.3 is 0 Å². The van der Waals surface area contributed by atoms with Crippen molar-refractivity contribution in [1.29, 1.82) is 0 Å². The van der Waals surface area contributed by atoms with Crippen LogP contribution in [0.4, 0.5) is 0 Å². The van der Waals surface area contributed by atoms with Gasteiger partial charge in [0.2, 0.25) is 0 Å². The molecule has 2 aromatic carbocycles. The molecule has 1 atom stereocenters. The Hall–Kier alpha value is -3.16. The van der Waals surface area contributed by atoms with E-state index in [1.165, 1.54) is 5.56 Å². The topological polar surface area (TPSA) is 79.3 Å². The first-order chi connectivity index (χ1) is 18.3. The highest BCUT2D eigenvalue weighted by molar-refractivity contribution is 6.46. The van der Waals surface area contributed by atoms with Gasteiger partial charge in [-0.1, -0.05) is 45.0 Å². The standard InChI is InChI=1S/C31H40N2O5/c1-5-23-7-9-24(10-8-23)28-27(29(34)25-11-12-26(22(4)19-25)38-20-21(2)3)30(35)31(36)33(28)14-6-13-32-15-17-37-18-16-32/h7-12,19,21,28,34H,5-6,13-18,20H2,1-4H3/b29-27+/t28-/m1/s1. The summed E-state index contributed by atoms with van der Waals surface area (Å²) in [6.45, 7) is 13.2. The van der Waals surface area contributed by atoms with Crippen molar-refractivity contribution in [3.05, 3.63) is 70.3 Å². The maximum Gasteiger partial charge on any atom is 0.295 e. The molecule has 1 amide bonds. The van der Waals surface area contributed by atoms with Crippen LogP contribution in [-0.2, 0) is 20.7 Å². The van der Waals surface area contributed by atoms with Gasteiger partial charge in [0, 0.05) is 31.7 Å². The summed E-state index contributed by atoms with van der Waals surface area (Å²) in [5.41, 5.74) is 3.49. The van der Waals surface area contributed by atoms with Crippen LogP contribution in [0.15, 0.2) is 48.0 Å². The number of likely N-dealkylation sites (tertiary alicyclic amines) is 1.